The van der Waals surface area contributed by atoms with Gasteiger partial charge in [0.15, 0.2) is 0 Å². The maximum absolute atomic E-state index is 8.86. The smallest absolute Gasteiger partial charge is 0.0784 e. The number of aliphatic hydroxyl groups excluding tert-OH is 1. The molecule has 116 valence electrons. The highest BCUT2D eigenvalue weighted by Crippen LogP contribution is 2.10. The molecule has 4 atom stereocenters. The van der Waals surface area contributed by atoms with Crippen LogP contribution in [-0.4, -0.2) is 49.3 Å². The summed E-state index contributed by atoms with van der Waals surface area (Å²) in [7, 11) is 0. The minimum Gasteiger partial charge on any atom is -0.394 e. The first-order valence-corrected chi connectivity index (χ1v) is 7.52. The van der Waals surface area contributed by atoms with Gasteiger partial charge in [0.05, 0.1) is 44.2 Å². The van der Waals surface area contributed by atoms with Crippen LogP contribution in [0.2, 0.25) is 0 Å². The van der Waals surface area contributed by atoms with Crippen LogP contribution in [0.25, 0.3) is 0 Å². The highest BCUT2D eigenvalue weighted by atomic mass is 16.6. The molecule has 0 aliphatic rings. The minimum absolute atomic E-state index is 0.0197. The van der Waals surface area contributed by atoms with Crippen LogP contribution in [0.3, 0.4) is 0 Å². The van der Waals surface area contributed by atoms with E-state index in [9.17, 15) is 0 Å². The standard InChI is InChI=1S/C15H32O4/c1-6-8-15(7-2)19-14(5)11-18-13(4)10-17-12(3)9-16/h12-16H,6-11H2,1-5H3. The van der Waals surface area contributed by atoms with Gasteiger partial charge in [0.25, 0.3) is 0 Å². The highest BCUT2D eigenvalue weighted by Gasteiger charge is 2.13. The Morgan fingerprint density at radius 1 is 0.895 bits per heavy atom. The zero-order valence-electron chi connectivity index (χ0n) is 13.2. The van der Waals surface area contributed by atoms with E-state index in [0.717, 1.165) is 19.3 Å². The molecule has 0 aliphatic heterocycles. The van der Waals surface area contributed by atoms with Gasteiger partial charge in [-0.05, 0) is 33.6 Å². The lowest BCUT2D eigenvalue weighted by molar-refractivity contribution is -0.0913. The predicted octanol–water partition coefficient (Wildman–Crippen LogP) is 2.77. The van der Waals surface area contributed by atoms with Crippen LogP contribution in [0.5, 0.6) is 0 Å². The van der Waals surface area contributed by atoms with Crippen LogP contribution >= 0.6 is 0 Å². The van der Waals surface area contributed by atoms with Crippen molar-refractivity contribution < 1.29 is 19.3 Å². The summed E-state index contributed by atoms with van der Waals surface area (Å²) in [4.78, 5) is 0. The van der Waals surface area contributed by atoms with Gasteiger partial charge in [-0.3, -0.25) is 0 Å². The van der Waals surface area contributed by atoms with Gasteiger partial charge in [0.1, 0.15) is 0 Å². The maximum Gasteiger partial charge on any atom is 0.0784 e. The molecule has 0 spiro atoms. The van der Waals surface area contributed by atoms with Crippen molar-refractivity contribution in [1.82, 2.24) is 0 Å². The molecule has 0 saturated carbocycles. The molecular formula is C15H32O4. The number of rotatable bonds is 12. The van der Waals surface area contributed by atoms with E-state index in [0.29, 0.717) is 19.3 Å². The van der Waals surface area contributed by atoms with Gasteiger partial charge in [-0.2, -0.15) is 0 Å². The first-order chi connectivity index (χ1) is 9.03. The molecule has 0 rings (SSSR count). The molecule has 0 aliphatic carbocycles. The summed E-state index contributed by atoms with van der Waals surface area (Å²) in [6.07, 6.45) is 3.63. The number of hydrogen-bond donors (Lipinski definition) is 1. The quantitative estimate of drug-likeness (QED) is 0.595. The average Bonchev–Trinajstić information content (AvgIpc) is 2.41. The van der Waals surface area contributed by atoms with E-state index in [1.165, 1.54) is 0 Å². The largest absolute Gasteiger partial charge is 0.394 e. The van der Waals surface area contributed by atoms with Gasteiger partial charge in [-0.15, -0.1) is 0 Å². The summed E-state index contributed by atoms with van der Waals surface area (Å²) in [6, 6.07) is 0. The third-order valence-corrected chi connectivity index (χ3v) is 2.98. The number of aliphatic hydroxyl groups is 1. The van der Waals surface area contributed by atoms with E-state index >= 15 is 0 Å². The van der Waals surface area contributed by atoms with Gasteiger partial charge in [-0.1, -0.05) is 20.3 Å². The van der Waals surface area contributed by atoms with E-state index in [1.54, 1.807) is 0 Å². The zero-order chi connectivity index (χ0) is 14.7. The SMILES string of the molecule is CCCC(CC)OC(C)COC(C)COC(C)CO. The van der Waals surface area contributed by atoms with Crippen molar-refractivity contribution in [1.29, 1.82) is 0 Å². The predicted molar refractivity (Wildman–Crippen MR) is 77.4 cm³/mol. The summed E-state index contributed by atoms with van der Waals surface area (Å²) in [5.74, 6) is 0. The minimum atomic E-state index is -0.131. The molecule has 0 amide bonds. The Labute approximate surface area is 118 Å². The zero-order valence-corrected chi connectivity index (χ0v) is 13.2. The average molecular weight is 276 g/mol. The van der Waals surface area contributed by atoms with Crippen molar-refractivity contribution in [2.45, 2.75) is 78.3 Å². The Hall–Kier alpha value is -0.160. The van der Waals surface area contributed by atoms with Crippen LogP contribution in [0, 0.1) is 0 Å². The fraction of sp³-hybridized carbons (Fsp3) is 1.00. The van der Waals surface area contributed by atoms with Gasteiger partial charge in [0.2, 0.25) is 0 Å². The van der Waals surface area contributed by atoms with Gasteiger partial charge < -0.3 is 19.3 Å². The van der Waals surface area contributed by atoms with Crippen molar-refractivity contribution in [2.24, 2.45) is 0 Å². The molecule has 0 radical (unpaired) electrons. The lowest BCUT2D eigenvalue weighted by atomic mass is 10.1. The third-order valence-electron chi connectivity index (χ3n) is 2.98. The first kappa shape index (κ1) is 18.8. The summed E-state index contributed by atoms with van der Waals surface area (Å²) >= 11 is 0. The lowest BCUT2D eigenvalue weighted by Gasteiger charge is -2.23. The molecule has 0 saturated heterocycles. The summed E-state index contributed by atoms with van der Waals surface area (Å²) in [5.41, 5.74) is 0. The van der Waals surface area contributed by atoms with Crippen LogP contribution < -0.4 is 0 Å². The topological polar surface area (TPSA) is 47.9 Å². The first-order valence-electron chi connectivity index (χ1n) is 7.52. The monoisotopic (exact) mass is 276 g/mol. The van der Waals surface area contributed by atoms with Crippen molar-refractivity contribution in [2.75, 3.05) is 19.8 Å². The van der Waals surface area contributed by atoms with Crippen molar-refractivity contribution in [3.05, 3.63) is 0 Å². The normalized spacial score (nSPS) is 18.0. The molecular weight excluding hydrogens is 244 g/mol. The van der Waals surface area contributed by atoms with Gasteiger partial charge >= 0.3 is 0 Å². The maximum atomic E-state index is 8.86. The Balaban J connectivity index is 3.73. The fourth-order valence-corrected chi connectivity index (χ4v) is 1.76. The third kappa shape index (κ3) is 10.3. The van der Waals surface area contributed by atoms with Gasteiger partial charge in [-0.25, -0.2) is 0 Å². The molecule has 0 fully saturated rings. The Bertz CT molecular complexity index is 199. The lowest BCUT2D eigenvalue weighted by Crippen LogP contribution is -2.28. The van der Waals surface area contributed by atoms with Crippen molar-refractivity contribution in [3.8, 4) is 0 Å². The Morgan fingerprint density at radius 2 is 1.47 bits per heavy atom. The number of hydrogen-bond acceptors (Lipinski definition) is 4. The van der Waals surface area contributed by atoms with E-state index in [2.05, 4.69) is 13.8 Å². The van der Waals surface area contributed by atoms with Crippen LogP contribution in [-0.2, 0) is 14.2 Å². The van der Waals surface area contributed by atoms with E-state index in [-0.39, 0.29) is 24.9 Å². The second-order valence-electron chi connectivity index (χ2n) is 5.24. The van der Waals surface area contributed by atoms with Crippen LogP contribution in [0.4, 0.5) is 0 Å². The molecule has 0 aromatic heterocycles. The summed E-state index contributed by atoms with van der Waals surface area (Å²) in [6.45, 7) is 11.3. The Morgan fingerprint density at radius 3 is 2.00 bits per heavy atom. The molecule has 4 nitrogen and oxygen atoms in total. The summed E-state index contributed by atoms with van der Waals surface area (Å²) in [5, 5.41) is 8.86. The van der Waals surface area contributed by atoms with Crippen molar-refractivity contribution >= 4 is 0 Å². The highest BCUT2D eigenvalue weighted by molar-refractivity contribution is 4.59. The summed E-state index contributed by atoms with van der Waals surface area (Å²) < 4.78 is 17.0. The molecule has 4 heteroatoms. The molecule has 1 N–H and O–H groups in total. The molecule has 0 aromatic carbocycles. The van der Waals surface area contributed by atoms with Gasteiger partial charge in [0, 0.05) is 0 Å². The molecule has 0 heterocycles. The molecule has 19 heavy (non-hydrogen) atoms. The Kier molecular flexibility index (Phi) is 11.6. The van der Waals surface area contributed by atoms with Crippen LogP contribution in [0.15, 0.2) is 0 Å². The van der Waals surface area contributed by atoms with E-state index in [4.69, 9.17) is 19.3 Å². The fourth-order valence-electron chi connectivity index (χ4n) is 1.76. The van der Waals surface area contributed by atoms with E-state index < -0.39 is 0 Å². The molecule has 0 bridgehead atoms. The molecule has 0 aromatic rings. The second kappa shape index (κ2) is 11.6. The second-order valence-corrected chi connectivity index (χ2v) is 5.24. The van der Waals surface area contributed by atoms with E-state index in [1.807, 2.05) is 20.8 Å². The van der Waals surface area contributed by atoms with Crippen molar-refractivity contribution in [3.63, 3.8) is 0 Å². The molecule has 4 unspecified atom stereocenters. The number of ether oxygens (including phenoxy) is 3. The van der Waals surface area contributed by atoms with Crippen LogP contribution in [0.1, 0.15) is 53.9 Å².